The van der Waals surface area contributed by atoms with Crippen LogP contribution in [-0.4, -0.2) is 38.8 Å². The minimum absolute atomic E-state index is 0.193. The Morgan fingerprint density at radius 1 is 1.58 bits per heavy atom. The van der Waals surface area contributed by atoms with Crippen LogP contribution in [0.15, 0.2) is 0 Å². The third kappa shape index (κ3) is 1.57. The van der Waals surface area contributed by atoms with E-state index in [0.717, 1.165) is 0 Å². The second kappa shape index (κ2) is 3.00. The first kappa shape index (κ1) is 9.43. The van der Waals surface area contributed by atoms with Crippen molar-refractivity contribution in [3.63, 3.8) is 0 Å². The summed E-state index contributed by atoms with van der Waals surface area (Å²) in [5, 5.41) is 0. The van der Waals surface area contributed by atoms with Gasteiger partial charge in [0.25, 0.3) is 10.2 Å². The van der Waals surface area contributed by atoms with Crippen molar-refractivity contribution in [3.05, 3.63) is 0 Å². The summed E-state index contributed by atoms with van der Waals surface area (Å²) >= 11 is 0. The van der Waals surface area contributed by atoms with Gasteiger partial charge in [-0.3, -0.25) is 4.79 Å². The molecule has 1 heterocycles. The molecular formula is C5H11N3O3S. The monoisotopic (exact) mass is 193 g/mol. The van der Waals surface area contributed by atoms with E-state index in [1.807, 2.05) is 0 Å². The molecule has 3 N–H and O–H groups in total. The normalized spacial score (nSPS) is 20.4. The van der Waals surface area contributed by atoms with Gasteiger partial charge in [0.2, 0.25) is 5.91 Å². The Bertz CT molecular complexity index is 280. The van der Waals surface area contributed by atoms with Gasteiger partial charge < -0.3 is 5.73 Å². The highest BCUT2D eigenvalue weighted by atomic mass is 32.2. The average Bonchev–Trinajstić information content (AvgIpc) is 1.82. The Kier molecular flexibility index (Phi) is 2.36. The maximum Gasteiger partial charge on any atom is 0.279 e. The molecule has 0 aliphatic carbocycles. The second-order valence-electron chi connectivity index (χ2n) is 2.63. The number of rotatable bonds is 3. The average molecular weight is 193 g/mol. The summed E-state index contributed by atoms with van der Waals surface area (Å²) in [5.74, 6) is -0.773. The standard InChI is InChI=1S/C5H11N3O3S/c1-7-12(10,11)8-2-4(3-8)5(6)9/h4,7H,2-3H2,1H3,(H2,6,9). The maximum atomic E-state index is 11.0. The van der Waals surface area contributed by atoms with Crippen LogP contribution in [-0.2, 0) is 15.0 Å². The van der Waals surface area contributed by atoms with Crippen molar-refractivity contribution in [2.75, 3.05) is 20.1 Å². The van der Waals surface area contributed by atoms with Crippen LogP contribution in [0.5, 0.6) is 0 Å². The van der Waals surface area contributed by atoms with E-state index in [2.05, 4.69) is 4.72 Å². The highest BCUT2D eigenvalue weighted by Gasteiger charge is 2.37. The number of nitrogens with two attached hydrogens (primary N) is 1. The van der Waals surface area contributed by atoms with Crippen molar-refractivity contribution >= 4 is 16.1 Å². The molecule has 6 nitrogen and oxygen atoms in total. The van der Waals surface area contributed by atoms with E-state index in [1.54, 1.807) is 0 Å². The molecule has 0 aromatic rings. The summed E-state index contributed by atoms with van der Waals surface area (Å²) in [6.45, 7) is 0.386. The Hall–Kier alpha value is -0.660. The second-order valence-corrected chi connectivity index (χ2v) is 4.50. The van der Waals surface area contributed by atoms with Crippen molar-refractivity contribution in [2.45, 2.75) is 0 Å². The molecule has 1 saturated heterocycles. The van der Waals surface area contributed by atoms with Crippen molar-refractivity contribution in [3.8, 4) is 0 Å². The Labute approximate surface area is 70.9 Å². The zero-order valence-electron chi connectivity index (χ0n) is 6.65. The fraction of sp³-hybridized carbons (Fsp3) is 0.800. The van der Waals surface area contributed by atoms with Gasteiger partial charge in [-0.15, -0.1) is 0 Å². The highest BCUT2D eigenvalue weighted by Crippen LogP contribution is 2.17. The van der Waals surface area contributed by atoms with E-state index in [1.165, 1.54) is 11.4 Å². The zero-order chi connectivity index (χ0) is 9.35. The largest absolute Gasteiger partial charge is 0.369 e. The van der Waals surface area contributed by atoms with Crippen molar-refractivity contribution in [1.29, 1.82) is 0 Å². The van der Waals surface area contributed by atoms with Crippen LogP contribution < -0.4 is 10.5 Å². The van der Waals surface area contributed by atoms with Gasteiger partial charge in [0.15, 0.2) is 0 Å². The number of carbonyl (C=O) groups excluding carboxylic acids is 1. The molecule has 1 rings (SSSR count). The Balaban J connectivity index is 2.50. The lowest BCUT2D eigenvalue weighted by atomic mass is 10.0. The van der Waals surface area contributed by atoms with Gasteiger partial charge in [0, 0.05) is 20.1 Å². The van der Waals surface area contributed by atoms with Gasteiger partial charge in [0.05, 0.1) is 5.92 Å². The summed E-state index contributed by atoms with van der Waals surface area (Å²) in [4.78, 5) is 10.5. The molecule has 7 heteroatoms. The van der Waals surface area contributed by atoms with E-state index >= 15 is 0 Å². The number of hydrogen-bond donors (Lipinski definition) is 2. The molecule has 1 aliphatic rings. The summed E-state index contributed by atoms with van der Waals surface area (Å²) in [5.41, 5.74) is 4.96. The van der Waals surface area contributed by atoms with Crippen LogP contribution in [0.4, 0.5) is 0 Å². The molecule has 0 spiro atoms. The summed E-state index contributed by atoms with van der Waals surface area (Å²) in [6, 6.07) is 0. The number of primary amides is 1. The number of hydrogen-bond acceptors (Lipinski definition) is 3. The molecule has 0 bridgehead atoms. The maximum absolute atomic E-state index is 11.0. The first-order chi connectivity index (χ1) is 5.47. The predicted molar refractivity (Wildman–Crippen MR) is 42.2 cm³/mol. The fourth-order valence-corrected chi connectivity index (χ4v) is 1.95. The van der Waals surface area contributed by atoms with Gasteiger partial charge in [-0.05, 0) is 0 Å². The lowest BCUT2D eigenvalue weighted by Gasteiger charge is -2.35. The predicted octanol–water partition coefficient (Wildman–Crippen LogP) is -2.13. The molecule has 1 fully saturated rings. The van der Waals surface area contributed by atoms with E-state index in [4.69, 9.17) is 5.73 Å². The number of carbonyl (C=O) groups is 1. The molecular weight excluding hydrogens is 182 g/mol. The molecule has 0 unspecified atom stereocenters. The first-order valence-electron chi connectivity index (χ1n) is 3.45. The number of amides is 1. The topological polar surface area (TPSA) is 92.5 Å². The van der Waals surface area contributed by atoms with Crippen LogP contribution in [0.25, 0.3) is 0 Å². The lowest BCUT2D eigenvalue weighted by molar-refractivity contribution is -0.124. The fourth-order valence-electron chi connectivity index (χ4n) is 0.943. The summed E-state index contributed by atoms with van der Waals surface area (Å²) in [7, 11) is -2.03. The third-order valence-electron chi connectivity index (χ3n) is 1.85. The zero-order valence-corrected chi connectivity index (χ0v) is 7.47. The van der Waals surface area contributed by atoms with Crippen molar-refractivity contribution in [1.82, 2.24) is 9.03 Å². The summed E-state index contributed by atoms with van der Waals surface area (Å²) < 4.78 is 25.3. The van der Waals surface area contributed by atoms with E-state index in [0.29, 0.717) is 0 Å². The van der Waals surface area contributed by atoms with E-state index in [-0.39, 0.29) is 19.0 Å². The molecule has 0 aromatic carbocycles. The van der Waals surface area contributed by atoms with Crippen LogP contribution >= 0.6 is 0 Å². The highest BCUT2D eigenvalue weighted by molar-refractivity contribution is 7.87. The quantitative estimate of drug-likeness (QED) is 0.536. The third-order valence-corrected chi connectivity index (χ3v) is 3.34. The van der Waals surface area contributed by atoms with E-state index in [9.17, 15) is 13.2 Å². The van der Waals surface area contributed by atoms with Gasteiger partial charge in [-0.2, -0.15) is 12.7 Å². The van der Waals surface area contributed by atoms with Crippen LogP contribution in [0.3, 0.4) is 0 Å². The SMILES string of the molecule is CNS(=O)(=O)N1CC(C(N)=O)C1. The van der Waals surface area contributed by atoms with Gasteiger partial charge in [-0.1, -0.05) is 0 Å². The molecule has 12 heavy (non-hydrogen) atoms. The molecule has 0 saturated carbocycles. The molecule has 0 atom stereocenters. The number of nitrogens with zero attached hydrogens (tertiary/aromatic N) is 1. The molecule has 1 amide bonds. The number of nitrogens with one attached hydrogen (secondary N) is 1. The Morgan fingerprint density at radius 2 is 2.08 bits per heavy atom. The Morgan fingerprint density at radius 3 is 2.42 bits per heavy atom. The van der Waals surface area contributed by atoms with Crippen molar-refractivity contribution < 1.29 is 13.2 Å². The summed E-state index contributed by atoms with van der Waals surface area (Å²) in [6.07, 6.45) is 0. The molecule has 1 aliphatic heterocycles. The van der Waals surface area contributed by atoms with Crippen molar-refractivity contribution in [2.24, 2.45) is 11.7 Å². The molecule has 70 valence electrons. The smallest absolute Gasteiger partial charge is 0.279 e. The minimum atomic E-state index is -3.35. The van der Waals surface area contributed by atoms with E-state index < -0.39 is 16.1 Å². The van der Waals surface area contributed by atoms with Crippen LogP contribution in [0, 0.1) is 5.92 Å². The van der Waals surface area contributed by atoms with Crippen LogP contribution in [0.1, 0.15) is 0 Å². The van der Waals surface area contributed by atoms with Crippen LogP contribution in [0.2, 0.25) is 0 Å². The molecule has 0 aromatic heterocycles. The lowest BCUT2D eigenvalue weighted by Crippen LogP contribution is -2.57. The van der Waals surface area contributed by atoms with Gasteiger partial charge >= 0.3 is 0 Å². The minimum Gasteiger partial charge on any atom is -0.369 e. The van der Waals surface area contributed by atoms with Gasteiger partial charge in [0.1, 0.15) is 0 Å². The first-order valence-corrected chi connectivity index (χ1v) is 4.89. The van der Waals surface area contributed by atoms with Gasteiger partial charge in [-0.25, -0.2) is 4.72 Å². The molecule has 0 radical (unpaired) electrons.